The maximum absolute atomic E-state index is 11.1. The number of carbonyl (C=O) groups is 1. The van der Waals surface area contributed by atoms with E-state index in [1.54, 1.807) is 20.3 Å². The van der Waals surface area contributed by atoms with Crippen LogP contribution in [0.3, 0.4) is 0 Å². The third kappa shape index (κ3) is 3.66. The third-order valence-electron chi connectivity index (χ3n) is 3.45. The molecule has 6 nitrogen and oxygen atoms in total. The minimum Gasteiger partial charge on any atom is -0.507 e. The van der Waals surface area contributed by atoms with E-state index in [1.165, 1.54) is 12.1 Å². The molecule has 0 unspecified atom stereocenters. The number of hydrogen-bond donors (Lipinski definition) is 3. The van der Waals surface area contributed by atoms with Crippen molar-refractivity contribution in [2.45, 2.75) is 13.5 Å². The van der Waals surface area contributed by atoms with Crippen molar-refractivity contribution in [2.24, 2.45) is 0 Å². The number of rotatable bonds is 6. The molecule has 0 aliphatic heterocycles. The van der Waals surface area contributed by atoms with Gasteiger partial charge in [0.25, 0.3) is 0 Å². The van der Waals surface area contributed by atoms with Gasteiger partial charge in [0.1, 0.15) is 22.8 Å². The Morgan fingerprint density at radius 1 is 1.13 bits per heavy atom. The predicted octanol–water partition coefficient (Wildman–Crippen LogP) is 3.03. The molecule has 0 saturated carbocycles. The van der Waals surface area contributed by atoms with Crippen molar-refractivity contribution in [3.63, 3.8) is 0 Å². The Morgan fingerprint density at radius 2 is 1.74 bits per heavy atom. The first-order valence-electron chi connectivity index (χ1n) is 6.98. The van der Waals surface area contributed by atoms with E-state index >= 15 is 0 Å². The fraction of sp³-hybridized carbons (Fsp3) is 0.235. The van der Waals surface area contributed by atoms with E-state index < -0.39 is 5.97 Å². The number of methoxy groups -OCH3 is 2. The maximum atomic E-state index is 11.1. The minimum absolute atomic E-state index is 0.155. The number of ether oxygens (including phenoxy) is 2. The summed E-state index contributed by atoms with van der Waals surface area (Å²) in [4.78, 5) is 11.1. The van der Waals surface area contributed by atoms with Gasteiger partial charge in [-0.3, -0.25) is 0 Å². The number of carboxylic acids is 1. The fourth-order valence-electron chi connectivity index (χ4n) is 2.30. The molecule has 0 spiro atoms. The molecule has 0 aliphatic rings. The van der Waals surface area contributed by atoms with Crippen molar-refractivity contribution in [3.8, 4) is 17.2 Å². The van der Waals surface area contributed by atoms with Gasteiger partial charge in [-0.25, -0.2) is 4.79 Å². The average molecular weight is 317 g/mol. The molecule has 2 aromatic rings. The lowest BCUT2D eigenvalue weighted by molar-refractivity contribution is 0.0694. The number of aryl methyl sites for hydroxylation is 1. The summed E-state index contributed by atoms with van der Waals surface area (Å²) < 4.78 is 10.8. The standard InChI is InChI=1S/C17H19NO5/c1-10-6-15(22-2)13(16(7-10)23-3)9-18-11-4-5-14(19)12(8-11)17(20)21/h4-8,18-19H,9H2,1-3H3,(H,20,21). The lowest BCUT2D eigenvalue weighted by atomic mass is 10.1. The number of anilines is 1. The first kappa shape index (κ1) is 16.5. The monoisotopic (exact) mass is 317 g/mol. The number of aromatic carboxylic acids is 1. The van der Waals surface area contributed by atoms with E-state index in [1.807, 2.05) is 19.1 Å². The number of aromatic hydroxyl groups is 1. The van der Waals surface area contributed by atoms with Crippen LogP contribution in [0.5, 0.6) is 17.2 Å². The van der Waals surface area contributed by atoms with Crippen molar-refractivity contribution >= 4 is 11.7 Å². The van der Waals surface area contributed by atoms with Crippen LogP contribution in [-0.2, 0) is 6.54 Å². The molecule has 23 heavy (non-hydrogen) atoms. The molecule has 3 N–H and O–H groups in total. The number of carboxylic acid groups (broad SMARTS) is 1. The Morgan fingerprint density at radius 3 is 2.26 bits per heavy atom. The average Bonchev–Trinajstić information content (AvgIpc) is 2.53. The molecule has 2 aromatic carbocycles. The largest absolute Gasteiger partial charge is 0.507 e. The summed E-state index contributed by atoms with van der Waals surface area (Å²) in [5, 5.41) is 21.7. The first-order chi connectivity index (χ1) is 11.0. The van der Waals surface area contributed by atoms with Gasteiger partial charge in [0.05, 0.1) is 19.8 Å². The third-order valence-corrected chi connectivity index (χ3v) is 3.45. The molecule has 0 bridgehead atoms. The Labute approximate surface area is 134 Å². The summed E-state index contributed by atoms with van der Waals surface area (Å²) >= 11 is 0. The minimum atomic E-state index is -1.18. The zero-order chi connectivity index (χ0) is 17.0. The summed E-state index contributed by atoms with van der Waals surface area (Å²) in [6, 6.07) is 8.13. The van der Waals surface area contributed by atoms with Gasteiger partial charge >= 0.3 is 5.97 Å². The summed E-state index contributed by atoms with van der Waals surface area (Å²) in [5.74, 6) is -0.0802. The SMILES string of the molecule is COc1cc(C)cc(OC)c1CNc1ccc(O)c(C(=O)O)c1. The predicted molar refractivity (Wildman–Crippen MR) is 86.7 cm³/mol. The van der Waals surface area contributed by atoms with E-state index in [2.05, 4.69) is 5.32 Å². The van der Waals surface area contributed by atoms with E-state index in [9.17, 15) is 9.90 Å². The lowest BCUT2D eigenvalue weighted by Crippen LogP contribution is -2.06. The van der Waals surface area contributed by atoms with Crippen LogP contribution >= 0.6 is 0 Å². The van der Waals surface area contributed by atoms with E-state index in [-0.39, 0.29) is 11.3 Å². The van der Waals surface area contributed by atoms with Gasteiger partial charge in [0.15, 0.2) is 0 Å². The summed E-state index contributed by atoms with van der Waals surface area (Å²) in [7, 11) is 3.17. The Bertz CT molecular complexity index is 702. The van der Waals surface area contributed by atoms with E-state index in [0.717, 1.165) is 11.1 Å². The number of nitrogens with one attached hydrogen (secondary N) is 1. The second-order valence-corrected chi connectivity index (χ2v) is 5.04. The van der Waals surface area contributed by atoms with Crippen LogP contribution in [0, 0.1) is 6.92 Å². The Kier molecular flexibility index (Phi) is 4.95. The molecule has 0 aliphatic carbocycles. The van der Waals surface area contributed by atoms with E-state index in [0.29, 0.717) is 23.7 Å². The van der Waals surface area contributed by atoms with Gasteiger partial charge < -0.3 is 25.0 Å². The second-order valence-electron chi connectivity index (χ2n) is 5.04. The molecule has 6 heteroatoms. The van der Waals surface area contributed by atoms with Crippen molar-refractivity contribution in [3.05, 3.63) is 47.0 Å². The molecule has 122 valence electrons. The Balaban J connectivity index is 2.28. The Hall–Kier alpha value is -2.89. The molecule has 0 heterocycles. The number of phenols is 1. The topological polar surface area (TPSA) is 88.0 Å². The summed E-state index contributed by atoms with van der Waals surface area (Å²) in [5.41, 5.74) is 2.26. The van der Waals surface area contributed by atoms with Gasteiger partial charge in [-0.2, -0.15) is 0 Å². The van der Waals surface area contributed by atoms with Crippen LogP contribution in [0.15, 0.2) is 30.3 Å². The summed E-state index contributed by atoms with van der Waals surface area (Å²) in [6.07, 6.45) is 0. The maximum Gasteiger partial charge on any atom is 0.339 e. The van der Waals surface area contributed by atoms with Gasteiger partial charge in [0, 0.05) is 12.2 Å². The quantitative estimate of drug-likeness (QED) is 0.710. The van der Waals surface area contributed by atoms with Crippen LogP contribution in [0.1, 0.15) is 21.5 Å². The van der Waals surface area contributed by atoms with Crippen LogP contribution in [0.2, 0.25) is 0 Å². The summed E-state index contributed by atoms with van der Waals surface area (Å²) in [6.45, 7) is 2.33. The highest BCUT2D eigenvalue weighted by Crippen LogP contribution is 2.31. The smallest absolute Gasteiger partial charge is 0.339 e. The van der Waals surface area contributed by atoms with E-state index in [4.69, 9.17) is 14.6 Å². The highest BCUT2D eigenvalue weighted by atomic mass is 16.5. The highest BCUT2D eigenvalue weighted by Gasteiger charge is 2.13. The molecule has 2 rings (SSSR count). The molecular formula is C17H19NO5. The molecule has 0 radical (unpaired) electrons. The number of benzene rings is 2. The van der Waals surface area contributed by atoms with Gasteiger partial charge in [-0.15, -0.1) is 0 Å². The molecular weight excluding hydrogens is 298 g/mol. The van der Waals surface area contributed by atoms with Crippen LogP contribution in [-0.4, -0.2) is 30.4 Å². The van der Waals surface area contributed by atoms with Crippen LogP contribution in [0.25, 0.3) is 0 Å². The molecule has 0 fully saturated rings. The van der Waals surface area contributed by atoms with Gasteiger partial charge in [0.2, 0.25) is 0 Å². The fourth-order valence-corrected chi connectivity index (χ4v) is 2.30. The highest BCUT2D eigenvalue weighted by molar-refractivity contribution is 5.92. The van der Waals surface area contributed by atoms with Crippen LogP contribution < -0.4 is 14.8 Å². The lowest BCUT2D eigenvalue weighted by Gasteiger charge is -2.16. The van der Waals surface area contributed by atoms with Crippen molar-refractivity contribution in [1.82, 2.24) is 0 Å². The van der Waals surface area contributed by atoms with Crippen molar-refractivity contribution in [1.29, 1.82) is 0 Å². The van der Waals surface area contributed by atoms with Crippen LogP contribution in [0.4, 0.5) is 5.69 Å². The first-order valence-corrected chi connectivity index (χ1v) is 6.98. The van der Waals surface area contributed by atoms with Gasteiger partial charge in [-0.1, -0.05) is 0 Å². The number of hydrogen-bond acceptors (Lipinski definition) is 5. The molecule has 0 atom stereocenters. The molecule has 0 amide bonds. The zero-order valence-corrected chi connectivity index (χ0v) is 13.2. The van der Waals surface area contributed by atoms with Crippen molar-refractivity contribution in [2.75, 3.05) is 19.5 Å². The molecule has 0 aromatic heterocycles. The normalized spacial score (nSPS) is 10.2. The second kappa shape index (κ2) is 6.91. The van der Waals surface area contributed by atoms with Crippen molar-refractivity contribution < 1.29 is 24.5 Å². The zero-order valence-electron chi connectivity index (χ0n) is 13.2. The molecule has 0 saturated heterocycles. The van der Waals surface area contributed by atoms with Gasteiger partial charge in [-0.05, 0) is 42.8 Å².